The minimum Gasteiger partial charge on any atom is -0.459 e. The van der Waals surface area contributed by atoms with Crippen LogP contribution in [0.2, 0.25) is 0 Å². The number of furan rings is 1. The minimum atomic E-state index is -0.256. The number of halogens is 1. The van der Waals surface area contributed by atoms with Crippen molar-refractivity contribution in [1.82, 2.24) is 19.9 Å². The first-order chi connectivity index (χ1) is 18.1. The molecule has 0 saturated carbocycles. The number of para-hydroxylation sites is 1. The van der Waals surface area contributed by atoms with E-state index < -0.39 is 0 Å². The van der Waals surface area contributed by atoms with Crippen LogP contribution in [0.5, 0.6) is 0 Å². The van der Waals surface area contributed by atoms with Crippen LogP contribution in [0, 0.1) is 5.82 Å². The Bertz CT molecular complexity index is 1300. The highest BCUT2D eigenvalue weighted by molar-refractivity contribution is 5.78. The topological polar surface area (TPSA) is 82.4 Å². The Balaban J connectivity index is 1.39. The molecule has 0 spiro atoms. The number of benzene rings is 2. The second kappa shape index (κ2) is 11.2. The summed E-state index contributed by atoms with van der Waals surface area (Å²) < 4.78 is 20.0. The lowest BCUT2D eigenvalue weighted by Crippen LogP contribution is -2.48. The fraction of sp³-hybridized carbons (Fsp3) is 0.250. The fourth-order valence-corrected chi connectivity index (χ4v) is 4.51. The van der Waals surface area contributed by atoms with Crippen LogP contribution in [0.4, 0.5) is 22.2 Å². The van der Waals surface area contributed by atoms with Crippen molar-refractivity contribution in [3.8, 4) is 0 Å². The largest absolute Gasteiger partial charge is 0.459 e. The lowest BCUT2D eigenvalue weighted by molar-refractivity contribution is 0.193. The first-order valence-corrected chi connectivity index (χ1v) is 12.3. The minimum absolute atomic E-state index is 0.136. The average Bonchev–Trinajstić information content (AvgIpc) is 3.36. The molecule has 190 valence electrons. The molecule has 5 rings (SSSR count). The molecule has 8 nitrogen and oxygen atoms in total. The molecule has 2 N–H and O–H groups in total. The van der Waals surface area contributed by atoms with Gasteiger partial charge in [-0.05, 0) is 29.8 Å². The Morgan fingerprint density at radius 2 is 1.54 bits per heavy atom. The zero-order chi connectivity index (χ0) is 25.6. The first-order valence-electron chi connectivity index (χ1n) is 12.3. The smallest absolute Gasteiger partial charge is 0.232 e. The van der Waals surface area contributed by atoms with E-state index in [4.69, 9.17) is 4.42 Å². The molecule has 1 atom stereocenters. The summed E-state index contributed by atoms with van der Waals surface area (Å²) >= 11 is 0. The summed E-state index contributed by atoms with van der Waals surface area (Å²) in [5.74, 6) is 2.17. The number of nitrogens with one attached hydrogen (secondary N) is 2. The Morgan fingerprint density at radius 3 is 2.16 bits per heavy atom. The highest BCUT2D eigenvalue weighted by Gasteiger charge is 2.30. The maximum atomic E-state index is 13.7. The van der Waals surface area contributed by atoms with Gasteiger partial charge in [0.05, 0.1) is 6.04 Å². The molecule has 1 unspecified atom stereocenters. The van der Waals surface area contributed by atoms with Crippen LogP contribution in [0.3, 0.4) is 0 Å². The lowest BCUT2D eigenvalue weighted by Gasteiger charge is -2.38. The molecule has 37 heavy (non-hydrogen) atoms. The summed E-state index contributed by atoms with van der Waals surface area (Å²) in [4.78, 5) is 18.2. The zero-order valence-electron chi connectivity index (χ0n) is 20.6. The molecule has 2 aromatic heterocycles. The highest BCUT2D eigenvalue weighted by atomic mass is 19.1. The molecule has 1 fully saturated rings. The second-order valence-electron chi connectivity index (χ2n) is 8.79. The number of nitrogens with zero attached hydrogens (tertiary/aromatic N) is 5. The molecule has 1 aliphatic heterocycles. The molecule has 4 aromatic rings. The van der Waals surface area contributed by atoms with Gasteiger partial charge in [-0.25, -0.2) is 4.39 Å². The molecule has 3 heterocycles. The SMILES string of the molecule is C=CCNc1nc(NCC=C)nc(N2CCN(C(c3ccc(F)cc3)c3cc4ccccc4o3)CC2)n1. The summed E-state index contributed by atoms with van der Waals surface area (Å²) in [6.07, 6.45) is 3.51. The van der Waals surface area contributed by atoms with Gasteiger partial charge in [0.2, 0.25) is 17.8 Å². The molecule has 2 aromatic carbocycles. The fourth-order valence-electron chi connectivity index (χ4n) is 4.51. The third kappa shape index (κ3) is 5.62. The van der Waals surface area contributed by atoms with Crippen molar-refractivity contribution in [1.29, 1.82) is 0 Å². The molecule has 0 radical (unpaired) electrons. The van der Waals surface area contributed by atoms with Crippen molar-refractivity contribution < 1.29 is 8.81 Å². The van der Waals surface area contributed by atoms with Gasteiger partial charge in [0.25, 0.3) is 0 Å². The van der Waals surface area contributed by atoms with E-state index >= 15 is 0 Å². The number of anilines is 3. The number of piperazine rings is 1. The third-order valence-electron chi connectivity index (χ3n) is 6.29. The summed E-state index contributed by atoms with van der Waals surface area (Å²) in [5, 5.41) is 7.35. The standard InChI is InChI=1S/C28H30FN7O/c1-3-13-30-26-32-27(31-14-4-2)34-28(33-26)36-17-15-35(16-18-36)25(20-9-11-22(29)12-10-20)24-19-21-7-5-6-8-23(21)37-24/h3-12,19,25H,1-2,13-18H2,(H2,30,31,32,33,34). The van der Waals surface area contributed by atoms with Crippen LogP contribution in [0.15, 0.2) is 84.3 Å². The van der Waals surface area contributed by atoms with Gasteiger partial charge < -0.3 is 20.0 Å². The van der Waals surface area contributed by atoms with E-state index in [2.05, 4.69) is 54.6 Å². The van der Waals surface area contributed by atoms with E-state index in [0.717, 1.165) is 35.4 Å². The van der Waals surface area contributed by atoms with Crippen molar-refractivity contribution >= 4 is 28.8 Å². The quantitative estimate of drug-likeness (QED) is 0.299. The molecular formula is C28H30FN7O. The van der Waals surface area contributed by atoms with Crippen LogP contribution < -0.4 is 15.5 Å². The van der Waals surface area contributed by atoms with Gasteiger partial charge in [0.1, 0.15) is 17.2 Å². The van der Waals surface area contributed by atoms with Crippen LogP contribution in [-0.4, -0.2) is 59.1 Å². The number of aromatic nitrogens is 3. The van der Waals surface area contributed by atoms with Crippen molar-refractivity contribution in [2.45, 2.75) is 6.04 Å². The van der Waals surface area contributed by atoms with Gasteiger partial charge in [-0.1, -0.05) is 42.5 Å². The van der Waals surface area contributed by atoms with Crippen molar-refractivity contribution in [3.63, 3.8) is 0 Å². The van der Waals surface area contributed by atoms with E-state index in [1.807, 2.05) is 36.4 Å². The van der Waals surface area contributed by atoms with E-state index in [0.29, 0.717) is 44.0 Å². The third-order valence-corrected chi connectivity index (χ3v) is 6.29. The van der Waals surface area contributed by atoms with Gasteiger partial charge in [-0.15, -0.1) is 13.2 Å². The van der Waals surface area contributed by atoms with Gasteiger partial charge in [0.15, 0.2) is 0 Å². The number of hydrogen-bond acceptors (Lipinski definition) is 8. The Kier molecular flexibility index (Phi) is 7.41. The van der Waals surface area contributed by atoms with Gasteiger partial charge in [-0.3, -0.25) is 4.90 Å². The molecule has 1 aliphatic rings. The number of hydrogen-bond donors (Lipinski definition) is 2. The molecule has 0 bridgehead atoms. The normalized spacial score (nSPS) is 14.9. The molecular weight excluding hydrogens is 469 g/mol. The van der Waals surface area contributed by atoms with E-state index in [1.54, 1.807) is 12.2 Å². The first kappa shape index (κ1) is 24.5. The summed E-state index contributed by atoms with van der Waals surface area (Å²) in [7, 11) is 0. The summed E-state index contributed by atoms with van der Waals surface area (Å²) in [6.45, 7) is 11.5. The van der Waals surface area contributed by atoms with E-state index in [1.165, 1.54) is 12.1 Å². The van der Waals surface area contributed by atoms with Crippen LogP contribution >= 0.6 is 0 Å². The van der Waals surface area contributed by atoms with Gasteiger partial charge >= 0.3 is 0 Å². The van der Waals surface area contributed by atoms with E-state index in [9.17, 15) is 4.39 Å². The highest BCUT2D eigenvalue weighted by Crippen LogP contribution is 2.34. The predicted molar refractivity (Wildman–Crippen MR) is 145 cm³/mol. The summed E-state index contributed by atoms with van der Waals surface area (Å²) in [5.41, 5.74) is 1.83. The lowest BCUT2D eigenvalue weighted by atomic mass is 10.0. The van der Waals surface area contributed by atoms with Crippen molar-refractivity contribution in [2.75, 3.05) is 54.8 Å². The van der Waals surface area contributed by atoms with Gasteiger partial charge in [-0.2, -0.15) is 15.0 Å². The Hall–Kier alpha value is -4.24. The van der Waals surface area contributed by atoms with Gasteiger partial charge in [0, 0.05) is 44.7 Å². The van der Waals surface area contributed by atoms with Crippen molar-refractivity contribution in [3.05, 3.63) is 97.0 Å². The zero-order valence-corrected chi connectivity index (χ0v) is 20.6. The van der Waals surface area contributed by atoms with Crippen molar-refractivity contribution in [2.24, 2.45) is 0 Å². The molecule has 1 saturated heterocycles. The van der Waals surface area contributed by atoms with E-state index in [-0.39, 0.29) is 11.9 Å². The predicted octanol–water partition coefficient (Wildman–Crippen LogP) is 4.86. The number of fused-ring (bicyclic) bond motifs is 1. The maximum absolute atomic E-state index is 13.7. The molecule has 9 heteroatoms. The average molecular weight is 500 g/mol. The Labute approximate surface area is 215 Å². The van der Waals surface area contributed by atoms with Crippen LogP contribution in [0.1, 0.15) is 17.4 Å². The van der Waals surface area contributed by atoms with Crippen LogP contribution in [-0.2, 0) is 0 Å². The number of rotatable bonds is 10. The molecule has 0 aliphatic carbocycles. The Morgan fingerprint density at radius 1 is 0.892 bits per heavy atom. The van der Waals surface area contributed by atoms with Crippen LogP contribution in [0.25, 0.3) is 11.0 Å². The second-order valence-corrected chi connectivity index (χ2v) is 8.79. The summed E-state index contributed by atoms with van der Waals surface area (Å²) in [6, 6.07) is 16.6. The maximum Gasteiger partial charge on any atom is 0.232 e. The molecule has 0 amide bonds. The monoisotopic (exact) mass is 499 g/mol.